The number of nitrogen functional groups attached to an aromatic ring is 1. The smallest absolute Gasteiger partial charge is 0.243 e. The number of hydrogen-bond donors (Lipinski definition) is 3. The standard InChI is InChI=1S/C16H24N6O2S/c17-16-21-20-12(25-16)4-5-19-15(24)14-10-6-9(7-18-8-10)11-2-1-3-13(23)22(11)14/h9-11,14,18H,1-8H2,(H2,17,21)(H,19,24)/t9-,10+,11+,14-/m1/s1. The molecule has 0 spiro atoms. The Bertz CT molecular complexity index is 665. The summed E-state index contributed by atoms with van der Waals surface area (Å²) < 4.78 is 0. The van der Waals surface area contributed by atoms with Crippen LogP contribution in [-0.4, -0.2) is 58.6 Å². The first-order chi connectivity index (χ1) is 12.1. The van der Waals surface area contributed by atoms with Crippen molar-refractivity contribution in [1.82, 2.24) is 25.7 Å². The van der Waals surface area contributed by atoms with E-state index in [1.54, 1.807) is 0 Å². The van der Waals surface area contributed by atoms with Crippen molar-refractivity contribution in [1.29, 1.82) is 0 Å². The van der Waals surface area contributed by atoms with E-state index in [9.17, 15) is 9.59 Å². The summed E-state index contributed by atoms with van der Waals surface area (Å²) in [6.45, 7) is 2.25. The lowest BCUT2D eigenvalue weighted by Gasteiger charge is -2.53. The predicted molar refractivity (Wildman–Crippen MR) is 93.8 cm³/mol. The van der Waals surface area contributed by atoms with Gasteiger partial charge < -0.3 is 21.3 Å². The predicted octanol–water partition coefficient (Wildman–Crippen LogP) is -0.232. The van der Waals surface area contributed by atoms with Crippen molar-refractivity contribution < 1.29 is 9.59 Å². The molecule has 3 aliphatic rings. The Morgan fingerprint density at radius 3 is 3.00 bits per heavy atom. The number of piperidine rings is 3. The van der Waals surface area contributed by atoms with Gasteiger partial charge in [0.15, 0.2) is 0 Å². The fourth-order valence-corrected chi connectivity index (χ4v) is 5.22. The number of anilines is 1. The van der Waals surface area contributed by atoms with Crippen molar-refractivity contribution in [2.24, 2.45) is 11.8 Å². The Morgan fingerprint density at radius 2 is 2.20 bits per heavy atom. The quantitative estimate of drug-likeness (QED) is 0.680. The summed E-state index contributed by atoms with van der Waals surface area (Å²) in [6.07, 6.45) is 4.16. The van der Waals surface area contributed by atoms with Crippen LogP contribution in [0.2, 0.25) is 0 Å². The lowest BCUT2D eigenvalue weighted by atomic mass is 9.72. The van der Waals surface area contributed by atoms with Gasteiger partial charge in [-0.25, -0.2) is 0 Å². The van der Waals surface area contributed by atoms with Crippen LogP contribution in [0.25, 0.3) is 0 Å². The second-order valence-corrected chi connectivity index (χ2v) is 8.29. The summed E-state index contributed by atoms with van der Waals surface area (Å²) in [5.74, 6) is 0.792. The number of carbonyl (C=O) groups is 2. The zero-order valence-electron chi connectivity index (χ0n) is 14.1. The van der Waals surface area contributed by atoms with Crippen molar-refractivity contribution in [3.8, 4) is 0 Å². The van der Waals surface area contributed by atoms with Crippen LogP contribution in [0, 0.1) is 11.8 Å². The molecular weight excluding hydrogens is 340 g/mol. The molecule has 136 valence electrons. The lowest BCUT2D eigenvalue weighted by molar-refractivity contribution is -0.157. The molecule has 25 heavy (non-hydrogen) atoms. The molecule has 9 heteroatoms. The SMILES string of the molecule is Nc1nnc(CCNC(=O)[C@H]2[C@@H]3CNC[C@@H](C3)[C@@H]3CCCC(=O)N32)s1. The Hall–Kier alpha value is -1.74. The molecule has 0 aliphatic carbocycles. The van der Waals surface area contributed by atoms with Gasteiger partial charge in [-0.15, -0.1) is 10.2 Å². The Kier molecular flexibility index (Phi) is 4.60. The van der Waals surface area contributed by atoms with Gasteiger partial charge in [0, 0.05) is 37.9 Å². The van der Waals surface area contributed by atoms with Crippen molar-refractivity contribution in [2.75, 3.05) is 25.4 Å². The molecule has 4 rings (SSSR count). The van der Waals surface area contributed by atoms with Gasteiger partial charge in [0.2, 0.25) is 16.9 Å². The molecule has 8 nitrogen and oxygen atoms in total. The molecule has 0 unspecified atom stereocenters. The Labute approximate surface area is 150 Å². The summed E-state index contributed by atoms with van der Waals surface area (Å²) in [6, 6.07) is -0.134. The van der Waals surface area contributed by atoms with Crippen LogP contribution in [0.3, 0.4) is 0 Å². The van der Waals surface area contributed by atoms with E-state index in [1.807, 2.05) is 4.90 Å². The van der Waals surface area contributed by atoms with Crippen LogP contribution in [0.15, 0.2) is 0 Å². The molecule has 0 radical (unpaired) electrons. The van der Waals surface area contributed by atoms with Crippen LogP contribution in [0.4, 0.5) is 5.13 Å². The Balaban J connectivity index is 1.44. The van der Waals surface area contributed by atoms with E-state index in [1.165, 1.54) is 11.3 Å². The van der Waals surface area contributed by atoms with E-state index in [4.69, 9.17) is 5.73 Å². The summed E-state index contributed by atoms with van der Waals surface area (Å²) >= 11 is 1.34. The largest absolute Gasteiger partial charge is 0.374 e. The minimum atomic E-state index is -0.346. The van der Waals surface area contributed by atoms with Crippen molar-refractivity contribution >= 4 is 28.3 Å². The zero-order chi connectivity index (χ0) is 17.4. The van der Waals surface area contributed by atoms with Crippen molar-refractivity contribution in [3.05, 3.63) is 5.01 Å². The van der Waals surface area contributed by atoms with E-state index in [0.717, 1.165) is 37.4 Å². The van der Waals surface area contributed by atoms with Gasteiger partial charge in [-0.1, -0.05) is 11.3 Å². The molecule has 4 atom stereocenters. The first-order valence-electron chi connectivity index (χ1n) is 9.01. The van der Waals surface area contributed by atoms with E-state index < -0.39 is 0 Å². The number of nitrogens with zero attached hydrogens (tertiary/aromatic N) is 3. The van der Waals surface area contributed by atoms with Gasteiger partial charge in [0.1, 0.15) is 11.0 Å². The van der Waals surface area contributed by atoms with Gasteiger partial charge in [-0.05, 0) is 31.7 Å². The second kappa shape index (κ2) is 6.87. The van der Waals surface area contributed by atoms with Gasteiger partial charge in [-0.2, -0.15) is 0 Å². The highest BCUT2D eigenvalue weighted by Gasteiger charge is 2.50. The third kappa shape index (κ3) is 3.22. The highest BCUT2D eigenvalue weighted by molar-refractivity contribution is 7.15. The molecule has 3 fully saturated rings. The average molecular weight is 364 g/mol. The van der Waals surface area contributed by atoms with Crippen LogP contribution in [-0.2, 0) is 16.0 Å². The molecule has 1 aromatic rings. The number of carbonyl (C=O) groups excluding carboxylic acids is 2. The summed E-state index contributed by atoms with van der Waals surface area (Å²) in [7, 11) is 0. The van der Waals surface area contributed by atoms with Crippen LogP contribution in [0.1, 0.15) is 30.7 Å². The third-order valence-corrected chi connectivity index (χ3v) is 6.45. The number of hydrogen-bond acceptors (Lipinski definition) is 7. The first kappa shape index (κ1) is 16.7. The number of amides is 2. The van der Waals surface area contributed by atoms with Gasteiger partial charge in [0.25, 0.3) is 0 Å². The monoisotopic (exact) mass is 364 g/mol. The minimum absolute atomic E-state index is 0.0371. The number of nitrogens with two attached hydrogens (primary N) is 1. The van der Waals surface area contributed by atoms with Gasteiger partial charge in [-0.3, -0.25) is 9.59 Å². The highest BCUT2D eigenvalue weighted by atomic mass is 32.1. The maximum atomic E-state index is 12.9. The maximum absolute atomic E-state index is 12.9. The average Bonchev–Trinajstić information content (AvgIpc) is 3.01. The second-order valence-electron chi connectivity index (χ2n) is 7.19. The topological polar surface area (TPSA) is 113 Å². The van der Waals surface area contributed by atoms with E-state index in [2.05, 4.69) is 20.8 Å². The molecule has 3 saturated heterocycles. The van der Waals surface area contributed by atoms with Gasteiger partial charge in [0.05, 0.1) is 0 Å². The number of aromatic nitrogens is 2. The minimum Gasteiger partial charge on any atom is -0.374 e. The molecule has 4 heterocycles. The van der Waals surface area contributed by atoms with E-state index in [-0.39, 0.29) is 29.8 Å². The molecule has 2 bridgehead atoms. The number of nitrogens with one attached hydrogen (secondary N) is 2. The van der Waals surface area contributed by atoms with Crippen LogP contribution >= 0.6 is 11.3 Å². The molecule has 4 N–H and O–H groups in total. The molecule has 2 amide bonds. The lowest BCUT2D eigenvalue weighted by Crippen LogP contribution is -2.68. The maximum Gasteiger partial charge on any atom is 0.243 e. The molecule has 3 aliphatic heterocycles. The fourth-order valence-electron chi connectivity index (χ4n) is 4.62. The first-order valence-corrected chi connectivity index (χ1v) is 9.82. The normalized spacial score (nSPS) is 31.5. The van der Waals surface area contributed by atoms with Crippen molar-refractivity contribution in [2.45, 2.75) is 44.2 Å². The van der Waals surface area contributed by atoms with Crippen LogP contribution in [0.5, 0.6) is 0 Å². The van der Waals surface area contributed by atoms with Gasteiger partial charge >= 0.3 is 0 Å². The molecule has 1 aromatic heterocycles. The van der Waals surface area contributed by atoms with E-state index in [0.29, 0.717) is 30.4 Å². The zero-order valence-corrected chi connectivity index (χ0v) is 14.9. The van der Waals surface area contributed by atoms with Crippen LogP contribution < -0.4 is 16.4 Å². The summed E-state index contributed by atoms with van der Waals surface area (Å²) in [5.41, 5.74) is 5.58. The summed E-state index contributed by atoms with van der Waals surface area (Å²) in [5, 5.41) is 15.5. The number of fused-ring (bicyclic) bond motifs is 4. The van der Waals surface area contributed by atoms with E-state index >= 15 is 0 Å². The molecule has 0 saturated carbocycles. The van der Waals surface area contributed by atoms with Crippen molar-refractivity contribution in [3.63, 3.8) is 0 Å². The highest BCUT2D eigenvalue weighted by Crippen LogP contribution is 2.39. The third-order valence-electron chi connectivity index (χ3n) is 5.63. The fraction of sp³-hybridized carbons (Fsp3) is 0.750. The summed E-state index contributed by atoms with van der Waals surface area (Å²) in [4.78, 5) is 27.4. The number of rotatable bonds is 4. The Morgan fingerprint density at radius 1 is 1.36 bits per heavy atom. The molecular formula is C16H24N6O2S. The molecule has 0 aromatic carbocycles.